The summed E-state index contributed by atoms with van der Waals surface area (Å²) in [6, 6.07) is 14.6. The molecule has 0 bridgehead atoms. The van der Waals surface area contributed by atoms with Crippen LogP contribution in [0.25, 0.3) is 0 Å². The van der Waals surface area contributed by atoms with Gasteiger partial charge in [0.25, 0.3) is 0 Å². The summed E-state index contributed by atoms with van der Waals surface area (Å²) >= 11 is 0. The number of para-hydroxylation sites is 1. The Morgan fingerprint density at radius 2 is 1.88 bits per heavy atom. The first-order valence-corrected chi connectivity index (χ1v) is 7.76. The molecule has 2 aliphatic heterocycles. The minimum absolute atomic E-state index is 0.0352. The number of carbonyl (C=O) groups excluding carboxylic acids is 2. The lowest BCUT2D eigenvalue weighted by Gasteiger charge is -2.16. The van der Waals surface area contributed by atoms with Gasteiger partial charge in [-0.1, -0.05) is 18.2 Å². The van der Waals surface area contributed by atoms with Crippen LogP contribution in [0.3, 0.4) is 0 Å². The maximum atomic E-state index is 12.5. The van der Waals surface area contributed by atoms with E-state index < -0.39 is 0 Å². The summed E-state index contributed by atoms with van der Waals surface area (Å²) in [6.45, 7) is 0.578. The number of anilines is 2. The number of benzene rings is 2. The zero-order chi connectivity index (χ0) is 16.5. The molecule has 1 N–H and O–H groups in total. The maximum absolute atomic E-state index is 12.5. The van der Waals surface area contributed by atoms with Crippen molar-refractivity contribution in [2.24, 2.45) is 5.92 Å². The first kappa shape index (κ1) is 14.6. The summed E-state index contributed by atoms with van der Waals surface area (Å²) in [6.07, 6.45) is 0.214. The minimum Gasteiger partial charge on any atom is -0.454 e. The molecule has 2 amide bonds. The second kappa shape index (κ2) is 5.88. The summed E-state index contributed by atoms with van der Waals surface area (Å²) in [4.78, 5) is 26.3. The van der Waals surface area contributed by atoms with Crippen molar-refractivity contribution < 1.29 is 19.1 Å². The van der Waals surface area contributed by atoms with E-state index in [2.05, 4.69) is 5.32 Å². The number of fused-ring (bicyclic) bond motifs is 1. The molecule has 2 aliphatic rings. The average Bonchev–Trinajstić information content (AvgIpc) is 3.21. The summed E-state index contributed by atoms with van der Waals surface area (Å²) in [7, 11) is 0. The van der Waals surface area contributed by atoms with Crippen molar-refractivity contribution in [3.8, 4) is 11.5 Å². The summed E-state index contributed by atoms with van der Waals surface area (Å²) in [5.41, 5.74) is 1.45. The largest absolute Gasteiger partial charge is 0.454 e. The Bertz CT molecular complexity index is 791. The molecule has 1 atom stereocenters. The summed E-state index contributed by atoms with van der Waals surface area (Å²) in [5.74, 6) is 0.705. The SMILES string of the molecule is O=C(Nc1ccc2c(c1)OCO2)[C@H]1CC(=O)N(c2ccccc2)C1. The molecule has 0 aliphatic carbocycles. The molecule has 1 saturated heterocycles. The van der Waals surface area contributed by atoms with Crippen molar-refractivity contribution in [2.75, 3.05) is 23.6 Å². The lowest BCUT2D eigenvalue weighted by molar-refractivity contribution is -0.122. The van der Waals surface area contributed by atoms with Crippen LogP contribution in [0.15, 0.2) is 48.5 Å². The van der Waals surface area contributed by atoms with Crippen molar-refractivity contribution in [3.63, 3.8) is 0 Å². The molecule has 6 nitrogen and oxygen atoms in total. The van der Waals surface area contributed by atoms with Crippen LogP contribution in [0.1, 0.15) is 6.42 Å². The summed E-state index contributed by atoms with van der Waals surface area (Å²) in [5, 5.41) is 2.85. The molecule has 122 valence electrons. The molecule has 0 radical (unpaired) electrons. The van der Waals surface area contributed by atoms with Crippen LogP contribution in [0.5, 0.6) is 11.5 Å². The van der Waals surface area contributed by atoms with Gasteiger partial charge >= 0.3 is 0 Å². The van der Waals surface area contributed by atoms with E-state index in [9.17, 15) is 9.59 Å². The van der Waals surface area contributed by atoms with E-state index in [1.165, 1.54) is 0 Å². The molecule has 6 heteroatoms. The molecule has 24 heavy (non-hydrogen) atoms. The number of carbonyl (C=O) groups is 2. The molecule has 0 unspecified atom stereocenters. The Morgan fingerprint density at radius 1 is 1.08 bits per heavy atom. The molecule has 0 spiro atoms. The normalized spacial score (nSPS) is 18.8. The number of rotatable bonds is 3. The number of hydrogen-bond donors (Lipinski definition) is 1. The lowest BCUT2D eigenvalue weighted by atomic mass is 10.1. The standard InChI is InChI=1S/C18H16N2O4/c21-17-8-12(10-20(17)14-4-2-1-3-5-14)18(22)19-13-6-7-15-16(9-13)24-11-23-15/h1-7,9,12H,8,10-11H2,(H,19,22)/t12-/m0/s1. The topological polar surface area (TPSA) is 67.9 Å². The van der Waals surface area contributed by atoms with E-state index in [1.54, 1.807) is 23.1 Å². The Morgan fingerprint density at radius 3 is 2.71 bits per heavy atom. The quantitative estimate of drug-likeness (QED) is 0.941. The Labute approximate surface area is 139 Å². The second-order valence-electron chi connectivity index (χ2n) is 5.80. The first-order chi connectivity index (χ1) is 11.7. The maximum Gasteiger partial charge on any atom is 0.231 e. The van der Waals surface area contributed by atoms with Crippen molar-refractivity contribution in [3.05, 3.63) is 48.5 Å². The number of ether oxygens (including phenoxy) is 2. The fourth-order valence-electron chi connectivity index (χ4n) is 2.96. The van der Waals surface area contributed by atoms with Crippen molar-refractivity contribution in [1.29, 1.82) is 0 Å². The Kier molecular flexibility index (Phi) is 3.57. The Hall–Kier alpha value is -3.02. The van der Waals surface area contributed by atoms with Gasteiger partial charge in [-0.15, -0.1) is 0 Å². The zero-order valence-corrected chi connectivity index (χ0v) is 12.9. The van der Waals surface area contributed by atoms with E-state index in [1.807, 2.05) is 30.3 Å². The average molecular weight is 324 g/mol. The molecule has 0 saturated carbocycles. The second-order valence-corrected chi connectivity index (χ2v) is 5.80. The van der Waals surface area contributed by atoms with Gasteiger partial charge in [0.1, 0.15) is 0 Å². The van der Waals surface area contributed by atoms with Gasteiger partial charge < -0.3 is 19.7 Å². The van der Waals surface area contributed by atoms with Gasteiger partial charge in [-0.05, 0) is 24.3 Å². The third-order valence-electron chi connectivity index (χ3n) is 4.20. The van der Waals surface area contributed by atoms with Crippen LogP contribution in [0.2, 0.25) is 0 Å². The fourth-order valence-corrected chi connectivity index (χ4v) is 2.96. The van der Waals surface area contributed by atoms with Crippen LogP contribution in [-0.2, 0) is 9.59 Å². The molecule has 1 fully saturated rings. The number of hydrogen-bond acceptors (Lipinski definition) is 4. The van der Waals surface area contributed by atoms with Crippen molar-refractivity contribution in [1.82, 2.24) is 0 Å². The van der Waals surface area contributed by atoms with Gasteiger partial charge in [0.2, 0.25) is 18.6 Å². The van der Waals surface area contributed by atoms with Gasteiger partial charge in [-0.3, -0.25) is 9.59 Å². The summed E-state index contributed by atoms with van der Waals surface area (Å²) < 4.78 is 10.6. The monoisotopic (exact) mass is 324 g/mol. The Balaban J connectivity index is 1.45. The number of nitrogens with zero attached hydrogens (tertiary/aromatic N) is 1. The van der Waals surface area contributed by atoms with E-state index in [0.717, 1.165) is 5.69 Å². The van der Waals surface area contributed by atoms with Gasteiger partial charge in [-0.2, -0.15) is 0 Å². The molecular weight excluding hydrogens is 308 g/mol. The third-order valence-corrected chi connectivity index (χ3v) is 4.20. The minimum atomic E-state index is -0.372. The predicted molar refractivity (Wildman–Crippen MR) is 88.1 cm³/mol. The predicted octanol–water partition coefficient (Wildman–Crippen LogP) is 2.41. The van der Waals surface area contributed by atoms with Gasteiger partial charge in [-0.25, -0.2) is 0 Å². The van der Waals surface area contributed by atoms with Crippen molar-refractivity contribution >= 4 is 23.2 Å². The van der Waals surface area contributed by atoms with E-state index in [-0.39, 0.29) is 30.9 Å². The molecular formula is C18H16N2O4. The van der Waals surface area contributed by atoms with E-state index in [0.29, 0.717) is 23.7 Å². The van der Waals surface area contributed by atoms with Gasteiger partial charge in [0, 0.05) is 30.4 Å². The van der Waals surface area contributed by atoms with Crippen LogP contribution in [0, 0.1) is 5.92 Å². The highest BCUT2D eigenvalue weighted by molar-refractivity contribution is 6.03. The smallest absolute Gasteiger partial charge is 0.231 e. The van der Waals surface area contributed by atoms with Crippen LogP contribution < -0.4 is 19.7 Å². The van der Waals surface area contributed by atoms with Crippen molar-refractivity contribution in [2.45, 2.75) is 6.42 Å². The third kappa shape index (κ3) is 2.67. The van der Waals surface area contributed by atoms with Gasteiger partial charge in [0.15, 0.2) is 11.5 Å². The fraction of sp³-hybridized carbons (Fsp3) is 0.222. The molecule has 0 aromatic heterocycles. The molecule has 2 aromatic carbocycles. The van der Waals surface area contributed by atoms with E-state index in [4.69, 9.17) is 9.47 Å². The lowest BCUT2D eigenvalue weighted by Crippen LogP contribution is -2.28. The van der Waals surface area contributed by atoms with Crippen LogP contribution in [0.4, 0.5) is 11.4 Å². The van der Waals surface area contributed by atoms with E-state index >= 15 is 0 Å². The number of amides is 2. The first-order valence-electron chi connectivity index (χ1n) is 7.76. The van der Waals surface area contributed by atoms with Gasteiger partial charge in [0.05, 0.1) is 5.92 Å². The molecule has 2 heterocycles. The highest BCUT2D eigenvalue weighted by atomic mass is 16.7. The zero-order valence-electron chi connectivity index (χ0n) is 12.9. The van der Waals surface area contributed by atoms with Crippen LogP contribution in [-0.4, -0.2) is 25.2 Å². The molecule has 4 rings (SSSR count). The highest BCUT2D eigenvalue weighted by Gasteiger charge is 2.35. The number of nitrogens with one attached hydrogen (secondary N) is 1. The molecule has 2 aromatic rings. The highest BCUT2D eigenvalue weighted by Crippen LogP contribution is 2.34. The van der Waals surface area contributed by atoms with Crippen LogP contribution >= 0.6 is 0 Å².